The highest BCUT2D eigenvalue weighted by molar-refractivity contribution is 6.30. The third-order valence-electron chi connectivity index (χ3n) is 3.02. The predicted octanol–water partition coefficient (Wildman–Crippen LogP) is 3.17. The van der Waals surface area contributed by atoms with Crippen molar-refractivity contribution >= 4 is 29.4 Å². The second-order valence-corrected chi connectivity index (χ2v) is 4.89. The minimum Gasteiger partial charge on any atom is -0.456 e. The number of aliphatic hydroxyl groups excluding tert-OH is 1. The number of hydroxylamine groups is 1. The standard InChI is InChI=1S/C16H10ClNO3/c17-13-8-6-11(7-9-13)10-18-15(19)14(16(20)21-18)12-4-2-1-3-5-12/h1-10H/p+1/b18-10+. The number of hydrogen-bond acceptors (Lipinski definition) is 3. The van der Waals surface area contributed by atoms with Crippen LogP contribution >= 0.6 is 11.6 Å². The lowest BCUT2D eigenvalue weighted by molar-refractivity contribution is -0.728. The van der Waals surface area contributed by atoms with Crippen LogP contribution in [0.1, 0.15) is 11.1 Å². The van der Waals surface area contributed by atoms with Crippen molar-refractivity contribution in [2.75, 3.05) is 0 Å². The van der Waals surface area contributed by atoms with Crippen molar-refractivity contribution in [3.8, 4) is 0 Å². The Hall–Kier alpha value is -2.59. The van der Waals surface area contributed by atoms with Crippen LogP contribution in [0.4, 0.5) is 0 Å². The number of carbonyl (C=O) groups is 1. The van der Waals surface area contributed by atoms with Gasteiger partial charge in [-0.1, -0.05) is 41.9 Å². The summed E-state index contributed by atoms with van der Waals surface area (Å²) >= 11 is 5.81. The Bertz CT molecular complexity index is 749. The van der Waals surface area contributed by atoms with Crippen LogP contribution in [0.5, 0.6) is 0 Å². The molecule has 3 rings (SSSR count). The number of aliphatic hydroxyl groups is 1. The van der Waals surface area contributed by atoms with E-state index in [1.165, 1.54) is 6.21 Å². The zero-order chi connectivity index (χ0) is 14.8. The van der Waals surface area contributed by atoms with Crippen LogP contribution in [0.15, 0.2) is 60.5 Å². The lowest BCUT2D eigenvalue weighted by Gasteiger charge is -1.92. The normalized spacial score (nSPS) is 16.4. The van der Waals surface area contributed by atoms with E-state index in [1.54, 1.807) is 48.5 Å². The molecule has 0 unspecified atom stereocenters. The SMILES string of the molecule is O=C1O/[N+](=C/c2ccc(Cl)cc2)C(O)=C1c1ccccc1. The van der Waals surface area contributed by atoms with Gasteiger partial charge in [0.25, 0.3) is 0 Å². The number of halogens is 1. The molecule has 1 aliphatic heterocycles. The monoisotopic (exact) mass is 300 g/mol. The van der Waals surface area contributed by atoms with Gasteiger partial charge in [0.05, 0.1) is 4.74 Å². The van der Waals surface area contributed by atoms with Gasteiger partial charge in [-0.15, -0.1) is 0 Å². The summed E-state index contributed by atoms with van der Waals surface area (Å²) in [6.07, 6.45) is 1.51. The molecule has 0 spiro atoms. The first-order chi connectivity index (χ1) is 10.1. The molecule has 5 heteroatoms. The van der Waals surface area contributed by atoms with Gasteiger partial charge in [-0.2, -0.15) is 4.84 Å². The van der Waals surface area contributed by atoms with Crippen molar-refractivity contribution in [3.63, 3.8) is 0 Å². The number of rotatable bonds is 2. The molecule has 2 aromatic rings. The van der Waals surface area contributed by atoms with Gasteiger partial charge >= 0.3 is 11.9 Å². The fraction of sp³-hybridized carbons (Fsp3) is 0. The van der Waals surface area contributed by atoms with Crippen molar-refractivity contribution in [2.45, 2.75) is 0 Å². The quantitative estimate of drug-likeness (QED) is 0.684. The molecule has 0 radical (unpaired) electrons. The Balaban J connectivity index is 2.01. The highest BCUT2D eigenvalue weighted by Crippen LogP contribution is 2.25. The smallest absolute Gasteiger partial charge is 0.431 e. The molecule has 0 bridgehead atoms. The van der Waals surface area contributed by atoms with Crippen LogP contribution < -0.4 is 0 Å². The van der Waals surface area contributed by atoms with Crippen molar-refractivity contribution in [2.24, 2.45) is 0 Å². The molecule has 0 saturated heterocycles. The van der Waals surface area contributed by atoms with E-state index in [1.807, 2.05) is 6.07 Å². The van der Waals surface area contributed by atoms with Crippen LogP contribution in [-0.4, -0.2) is 22.0 Å². The summed E-state index contributed by atoms with van der Waals surface area (Å²) in [5, 5.41) is 10.8. The van der Waals surface area contributed by atoms with E-state index in [9.17, 15) is 9.90 Å². The summed E-state index contributed by atoms with van der Waals surface area (Å²) in [4.78, 5) is 17.0. The molecule has 1 heterocycles. The summed E-state index contributed by atoms with van der Waals surface area (Å²) in [6, 6.07) is 15.8. The molecular formula is C16H11ClNO3+. The van der Waals surface area contributed by atoms with Crippen molar-refractivity contribution < 1.29 is 19.5 Å². The van der Waals surface area contributed by atoms with E-state index < -0.39 is 5.97 Å². The zero-order valence-corrected chi connectivity index (χ0v) is 11.6. The maximum atomic E-state index is 11.9. The maximum Gasteiger partial charge on any atom is 0.431 e. The van der Waals surface area contributed by atoms with Crippen LogP contribution in [-0.2, 0) is 9.63 Å². The van der Waals surface area contributed by atoms with E-state index in [4.69, 9.17) is 16.4 Å². The Morgan fingerprint density at radius 2 is 1.71 bits per heavy atom. The lowest BCUT2D eigenvalue weighted by Crippen LogP contribution is -2.09. The molecule has 0 atom stereocenters. The van der Waals surface area contributed by atoms with Crippen LogP contribution in [0.3, 0.4) is 0 Å². The molecule has 4 nitrogen and oxygen atoms in total. The molecule has 1 aliphatic rings. The summed E-state index contributed by atoms with van der Waals surface area (Å²) in [5.74, 6) is -0.829. The fourth-order valence-corrected chi connectivity index (χ4v) is 2.13. The molecule has 0 saturated carbocycles. The Labute approximate surface area is 126 Å². The van der Waals surface area contributed by atoms with E-state index >= 15 is 0 Å². The van der Waals surface area contributed by atoms with Gasteiger partial charge in [0.15, 0.2) is 5.57 Å². The van der Waals surface area contributed by atoms with E-state index in [0.717, 1.165) is 10.3 Å². The predicted molar refractivity (Wildman–Crippen MR) is 79.0 cm³/mol. The van der Waals surface area contributed by atoms with Gasteiger partial charge in [-0.3, -0.25) is 0 Å². The number of carbonyl (C=O) groups excluding carboxylic acids is 1. The first-order valence-corrected chi connectivity index (χ1v) is 6.63. The van der Waals surface area contributed by atoms with Gasteiger partial charge in [0, 0.05) is 10.6 Å². The van der Waals surface area contributed by atoms with Gasteiger partial charge in [-0.05, 0) is 29.8 Å². The number of benzene rings is 2. The van der Waals surface area contributed by atoms with Crippen LogP contribution in [0.25, 0.3) is 5.57 Å². The molecule has 21 heavy (non-hydrogen) atoms. The Morgan fingerprint density at radius 1 is 1.05 bits per heavy atom. The molecule has 1 N–H and O–H groups in total. The maximum absolute atomic E-state index is 11.9. The number of nitrogens with zero attached hydrogens (tertiary/aromatic N) is 1. The summed E-state index contributed by atoms with van der Waals surface area (Å²) in [5.41, 5.74) is 1.49. The topological polar surface area (TPSA) is 49.5 Å². The first kappa shape index (κ1) is 13.4. The van der Waals surface area contributed by atoms with Gasteiger partial charge in [0.2, 0.25) is 6.21 Å². The van der Waals surface area contributed by atoms with Gasteiger partial charge in [0.1, 0.15) is 0 Å². The van der Waals surface area contributed by atoms with Crippen LogP contribution in [0, 0.1) is 0 Å². The van der Waals surface area contributed by atoms with Gasteiger partial charge < -0.3 is 5.11 Å². The minimum atomic E-state index is -0.594. The minimum absolute atomic E-state index is 0.140. The average molecular weight is 301 g/mol. The molecule has 0 amide bonds. The Kier molecular flexibility index (Phi) is 3.46. The molecule has 0 aliphatic carbocycles. The third-order valence-corrected chi connectivity index (χ3v) is 3.27. The van der Waals surface area contributed by atoms with E-state index in [2.05, 4.69) is 0 Å². The molecule has 104 valence electrons. The zero-order valence-electron chi connectivity index (χ0n) is 10.9. The summed E-state index contributed by atoms with van der Waals surface area (Å²) in [6.45, 7) is 0. The number of hydrogen-bond donors (Lipinski definition) is 1. The lowest BCUT2D eigenvalue weighted by atomic mass is 10.1. The fourth-order valence-electron chi connectivity index (χ4n) is 2.00. The molecular weight excluding hydrogens is 290 g/mol. The Morgan fingerprint density at radius 3 is 2.38 bits per heavy atom. The van der Waals surface area contributed by atoms with Crippen molar-refractivity contribution in [1.82, 2.24) is 0 Å². The highest BCUT2D eigenvalue weighted by Gasteiger charge is 2.39. The molecule has 0 aromatic heterocycles. The third kappa shape index (κ3) is 2.66. The molecule has 2 aromatic carbocycles. The van der Waals surface area contributed by atoms with Gasteiger partial charge in [-0.25, -0.2) is 4.79 Å². The van der Waals surface area contributed by atoms with E-state index in [0.29, 0.717) is 10.6 Å². The van der Waals surface area contributed by atoms with Crippen molar-refractivity contribution in [1.29, 1.82) is 0 Å². The summed E-state index contributed by atoms with van der Waals surface area (Å²) in [7, 11) is 0. The summed E-state index contributed by atoms with van der Waals surface area (Å²) < 4.78 is 1.05. The second-order valence-electron chi connectivity index (χ2n) is 4.45. The first-order valence-electron chi connectivity index (χ1n) is 6.26. The molecule has 0 fully saturated rings. The van der Waals surface area contributed by atoms with E-state index in [-0.39, 0.29) is 11.5 Å². The van der Waals surface area contributed by atoms with Crippen LogP contribution in [0.2, 0.25) is 5.02 Å². The van der Waals surface area contributed by atoms with Crippen molar-refractivity contribution in [3.05, 3.63) is 76.6 Å². The average Bonchev–Trinajstić information content (AvgIpc) is 2.77. The largest absolute Gasteiger partial charge is 0.456 e. The highest BCUT2D eigenvalue weighted by atomic mass is 35.5. The second kappa shape index (κ2) is 5.42.